The summed E-state index contributed by atoms with van der Waals surface area (Å²) in [5.74, 6) is 0.615. The van der Waals surface area contributed by atoms with E-state index in [2.05, 4.69) is 17.6 Å². The number of carbonyl (C=O) groups is 1. The number of hydrogen-bond acceptors (Lipinski definition) is 3. The van der Waals surface area contributed by atoms with Gasteiger partial charge in [0.25, 0.3) is 0 Å². The van der Waals surface area contributed by atoms with Crippen molar-refractivity contribution in [2.24, 2.45) is 5.92 Å². The molecule has 1 unspecified atom stereocenters. The molecule has 0 spiro atoms. The van der Waals surface area contributed by atoms with Crippen LogP contribution in [0.5, 0.6) is 0 Å². The monoisotopic (exact) mass is 232 g/mol. The quantitative estimate of drug-likeness (QED) is 0.768. The van der Waals surface area contributed by atoms with Crippen molar-refractivity contribution in [3.8, 4) is 0 Å². The summed E-state index contributed by atoms with van der Waals surface area (Å²) in [6.07, 6.45) is 2.13. The van der Waals surface area contributed by atoms with Gasteiger partial charge in [-0.1, -0.05) is 6.92 Å². The van der Waals surface area contributed by atoms with E-state index in [-0.39, 0.29) is 8.95 Å². The SMILES string of the molecule is CC1CCCN[C@@H]1CNC(=O)OC(C)(C)C.[HH].[HH]. The summed E-state index contributed by atoms with van der Waals surface area (Å²) in [6, 6.07) is 0.376. The first-order chi connectivity index (χ1) is 7.38. The van der Waals surface area contributed by atoms with E-state index in [9.17, 15) is 4.79 Å². The number of carbonyl (C=O) groups excluding carboxylic acids is 1. The molecule has 4 heteroatoms. The number of amides is 1. The van der Waals surface area contributed by atoms with Crippen molar-refractivity contribution in [2.75, 3.05) is 13.1 Å². The van der Waals surface area contributed by atoms with Crippen LogP contribution in [0.1, 0.15) is 43.4 Å². The van der Waals surface area contributed by atoms with E-state index in [1.165, 1.54) is 12.8 Å². The summed E-state index contributed by atoms with van der Waals surface area (Å²) in [6.45, 7) is 9.52. The number of hydrogen-bond donors (Lipinski definition) is 2. The van der Waals surface area contributed by atoms with Crippen LogP contribution < -0.4 is 10.6 Å². The van der Waals surface area contributed by atoms with E-state index >= 15 is 0 Å². The molecule has 1 aliphatic rings. The standard InChI is InChI=1S/C12H24N2O2.2H2/c1-9-6-5-7-13-10(9)8-14-11(15)16-12(2,3)4;;/h9-10,13H,5-8H2,1-4H3,(H,14,15);2*1H/t9?,10-;;/m1../s1. The highest BCUT2D eigenvalue weighted by molar-refractivity contribution is 5.67. The van der Waals surface area contributed by atoms with Crippen molar-refractivity contribution >= 4 is 6.09 Å². The first-order valence-corrected chi connectivity index (χ1v) is 6.09. The highest BCUT2D eigenvalue weighted by Gasteiger charge is 2.22. The molecule has 1 fully saturated rings. The zero-order valence-corrected chi connectivity index (χ0v) is 10.8. The van der Waals surface area contributed by atoms with E-state index < -0.39 is 5.60 Å². The minimum Gasteiger partial charge on any atom is -0.444 e. The van der Waals surface area contributed by atoms with E-state index in [0.717, 1.165) is 6.54 Å². The molecule has 0 radical (unpaired) electrons. The van der Waals surface area contributed by atoms with Crippen molar-refractivity contribution in [3.63, 3.8) is 0 Å². The fraction of sp³-hybridized carbons (Fsp3) is 0.917. The van der Waals surface area contributed by atoms with Crippen LogP contribution in [0, 0.1) is 5.92 Å². The Morgan fingerprint density at radius 3 is 2.81 bits per heavy atom. The third-order valence-corrected chi connectivity index (χ3v) is 2.79. The van der Waals surface area contributed by atoms with Crippen molar-refractivity contribution in [3.05, 3.63) is 0 Å². The molecular weight excluding hydrogens is 204 g/mol. The van der Waals surface area contributed by atoms with Crippen molar-refractivity contribution in [1.29, 1.82) is 0 Å². The van der Waals surface area contributed by atoms with Crippen LogP contribution in [0.3, 0.4) is 0 Å². The zero-order chi connectivity index (χ0) is 12.2. The topological polar surface area (TPSA) is 50.4 Å². The molecule has 4 nitrogen and oxygen atoms in total. The minimum absolute atomic E-state index is 0. The fourth-order valence-electron chi connectivity index (χ4n) is 1.89. The third-order valence-electron chi connectivity index (χ3n) is 2.79. The lowest BCUT2D eigenvalue weighted by molar-refractivity contribution is 0.0516. The van der Waals surface area contributed by atoms with E-state index in [1.54, 1.807) is 0 Å². The Morgan fingerprint density at radius 1 is 1.56 bits per heavy atom. The molecule has 0 aromatic rings. The Morgan fingerprint density at radius 2 is 2.25 bits per heavy atom. The van der Waals surface area contributed by atoms with Crippen LogP contribution in [-0.2, 0) is 4.74 Å². The van der Waals surface area contributed by atoms with Crippen molar-refractivity contribution in [2.45, 2.75) is 52.2 Å². The predicted molar refractivity (Wildman–Crippen MR) is 68.7 cm³/mol. The summed E-state index contributed by atoms with van der Waals surface area (Å²) in [5, 5.41) is 6.23. The Labute approximate surface area is 101 Å². The molecule has 0 bridgehead atoms. The van der Waals surface area contributed by atoms with Crippen LogP contribution in [0.25, 0.3) is 0 Å². The van der Waals surface area contributed by atoms with E-state index in [4.69, 9.17) is 4.74 Å². The molecule has 0 aromatic heterocycles. The summed E-state index contributed by atoms with van der Waals surface area (Å²) >= 11 is 0. The van der Waals surface area contributed by atoms with Gasteiger partial charge in [-0.15, -0.1) is 0 Å². The van der Waals surface area contributed by atoms with Gasteiger partial charge in [0.05, 0.1) is 0 Å². The largest absolute Gasteiger partial charge is 0.444 e. The van der Waals surface area contributed by atoms with Crippen LogP contribution in [0.15, 0.2) is 0 Å². The third kappa shape index (κ3) is 4.84. The van der Waals surface area contributed by atoms with Crippen LogP contribution >= 0.6 is 0 Å². The second-order valence-corrected chi connectivity index (χ2v) is 5.56. The maximum absolute atomic E-state index is 11.4. The van der Waals surface area contributed by atoms with Gasteiger partial charge in [0.15, 0.2) is 0 Å². The highest BCUT2D eigenvalue weighted by atomic mass is 16.6. The molecule has 16 heavy (non-hydrogen) atoms. The number of rotatable bonds is 2. The maximum atomic E-state index is 11.4. The second kappa shape index (κ2) is 5.53. The van der Waals surface area contributed by atoms with Gasteiger partial charge < -0.3 is 15.4 Å². The van der Waals surface area contributed by atoms with Gasteiger partial charge in [0, 0.05) is 15.4 Å². The molecule has 0 saturated carbocycles. The average Bonchev–Trinajstić information content (AvgIpc) is 2.14. The molecule has 2 N–H and O–H groups in total. The molecule has 0 aromatic carbocycles. The van der Waals surface area contributed by atoms with Crippen molar-refractivity contribution < 1.29 is 12.4 Å². The van der Waals surface area contributed by atoms with Gasteiger partial charge in [-0.3, -0.25) is 0 Å². The molecule has 2 atom stereocenters. The lowest BCUT2D eigenvalue weighted by Gasteiger charge is -2.30. The Balaban J connectivity index is 0. The number of ether oxygens (including phenoxy) is 1. The first-order valence-electron chi connectivity index (χ1n) is 6.09. The average molecular weight is 232 g/mol. The molecule has 0 aliphatic carbocycles. The van der Waals surface area contributed by atoms with E-state index in [1.807, 2.05) is 20.8 Å². The molecule has 1 aliphatic heterocycles. The summed E-state index contributed by atoms with van der Waals surface area (Å²) in [5.41, 5.74) is -0.421. The maximum Gasteiger partial charge on any atom is 0.407 e. The van der Waals surface area contributed by atoms with Crippen LogP contribution in [-0.4, -0.2) is 30.8 Å². The Bertz CT molecular complexity index is 245. The number of alkyl carbamates (subject to hydrolysis) is 1. The second-order valence-electron chi connectivity index (χ2n) is 5.56. The Kier molecular flexibility index (Phi) is 4.59. The lowest BCUT2D eigenvalue weighted by atomic mass is 9.93. The highest BCUT2D eigenvalue weighted by Crippen LogP contribution is 2.15. The van der Waals surface area contributed by atoms with Crippen LogP contribution in [0.4, 0.5) is 4.79 Å². The Hall–Kier alpha value is -0.770. The normalized spacial score (nSPS) is 26.2. The number of piperidine rings is 1. The summed E-state index contributed by atoms with van der Waals surface area (Å²) in [4.78, 5) is 11.4. The first kappa shape index (κ1) is 13.3. The van der Waals surface area contributed by atoms with Gasteiger partial charge in [0.1, 0.15) is 5.60 Å². The molecule has 1 heterocycles. The molecule has 1 rings (SSSR count). The van der Waals surface area contributed by atoms with Gasteiger partial charge in [-0.2, -0.15) is 0 Å². The minimum atomic E-state index is -0.421. The zero-order valence-electron chi connectivity index (χ0n) is 10.8. The molecule has 1 saturated heterocycles. The fourth-order valence-corrected chi connectivity index (χ4v) is 1.89. The molecular formula is C12H28N2O2. The van der Waals surface area contributed by atoms with E-state index in [0.29, 0.717) is 18.5 Å². The smallest absolute Gasteiger partial charge is 0.407 e. The predicted octanol–water partition coefficient (Wildman–Crippen LogP) is 2.39. The van der Waals surface area contributed by atoms with Gasteiger partial charge in [-0.05, 0) is 46.1 Å². The van der Waals surface area contributed by atoms with Crippen LogP contribution in [0.2, 0.25) is 0 Å². The lowest BCUT2D eigenvalue weighted by Crippen LogP contribution is -2.48. The molecule has 1 amide bonds. The van der Waals surface area contributed by atoms with Gasteiger partial charge >= 0.3 is 6.09 Å². The van der Waals surface area contributed by atoms with Gasteiger partial charge in [-0.25, -0.2) is 4.79 Å². The molecule has 98 valence electrons. The van der Waals surface area contributed by atoms with Gasteiger partial charge in [0.2, 0.25) is 0 Å². The number of nitrogens with one attached hydrogen (secondary N) is 2. The van der Waals surface area contributed by atoms with Crippen molar-refractivity contribution in [1.82, 2.24) is 10.6 Å². The summed E-state index contributed by atoms with van der Waals surface area (Å²) in [7, 11) is 0. The summed E-state index contributed by atoms with van der Waals surface area (Å²) < 4.78 is 5.19.